The van der Waals surface area contributed by atoms with Gasteiger partial charge in [0.25, 0.3) is 5.56 Å². The van der Waals surface area contributed by atoms with Crippen LogP contribution in [-0.2, 0) is 24.4 Å². The predicted molar refractivity (Wildman–Crippen MR) is 125 cm³/mol. The minimum absolute atomic E-state index is 0.0602. The van der Waals surface area contributed by atoms with Gasteiger partial charge in [0.15, 0.2) is 0 Å². The molecule has 0 saturated carbocycles. The summed E-state index contributed by atoms with van der Waals surface area (Å²) in [6.07, 6.45) is 1.43. The van der Waals surface area contributed by atoms with Crippen LogP contribution in [0, 0.1) is 0 Å². The summed E-state index contributed by atoms with van der Waals surface area (Å²) in [5.41, 5.74) is 2.68. The minimum atomic E-state index is -0.226. The quantitative estimate of drug-likeness (QED) is 0.581. The summed E-state index contributed by atoms with van der Waals surface area (Å²) in [5.74, 6) is -0.220. The Bertz CT molecular complexity index is 1140. The van der Waals surface area contributed by atoms with Crippen LogP contribution in [0.25, 0.3) is 10.9 Å². The fraction of sp³-hybridized carbons (Fsp3) is 0.348. The largest absolute Gasteiger partial charge is 0.350 e. The third kappa shape index (κ3) is 5.58. The van der Waals surface area contributed by atoms with Crippen molar-refractivity contribution in [2.45, 2.75) is 19.6 Å². The van der Waals surface area contributed by atoms with Gasteiger partial charge in [0, 0.05) is 43.7 Å². The molecule has 162 valence electrons. The van der Waals surface area contributed by atoms with Crippen LogP contribution in [-0.4, -0.2) is 58.5 Å². The van der Waals surface area contributed by atoms with E-state index in [1.807, 2.05) is 18.2 Å². The third-order valence-corrected chi connectivity index (χ3v) is 6.08. The topological polar surface area (TPSA) is 70.5 Å². The zero-order valence-electron chi connectivity index (χ0n) is 17.6. The molecule has 7 nitrogen and oxygen atoms in total. The minimum Gasteiger partial charge on any atom is -0.350 e. The molecule has 0 aliphatic carbocycles. The van der Waals surface area contributed by atoms with Gasteiger partial charge in [0.1, 0.15) is 6.54 Å². The highest BCUT2D eigenvalue weighted by atomic mass is 79.9. The van der Waals surface area contributed by atoms with E-state index in [9.17, 15) is 9.59 Å². The van der Waals surface area contributed by atoms with Crippen molar-refractivity contribution >= 4 is 32.7 Å². The number of rotatable bonds is 6. The lowest BCUT2D eigenvalue weighted by Crippen LogP contribution is -2.43. The molecule has 2 heterocycles. The van der Waals surface area contributed by atoms with Gasteiger partial charge in [-0.15, -0.1) is 0 Å². The van der Waals surface area contributed by atoms with Gasteiger partial charge in [0.05, 0.1) is 17.2 Å². The van der Waals surface area contributed by atoms with Crippen LogP contribution < -0.4 is 10.9 Å². The molecule has 2 aromatic carbocycles. The number of hydrogen-bond donors (Lipinski definition) is 1. The molecule has 1 amide bonds. The van der Waals surface area contributed by atoms with Crippen LogP contribution in [0.15, 0.2) is 58.1 Å². The molecule has 1 saturated heterocycles. The molecule has 8 heteroatoms. The van der Waals surface area contributed by atoms with Gasteiger partial charge in [-0.05, 0) is 36.4 Å². The maximum atomic E-state index is 12.7. The average Bonchev–Trinajstić information content (AvgIpc) is 2.76. The van der Waals surface area contributed by atoms with Crippen molar-refractivity contribution in [3.63, 3.8) is 0 Å². The fourth-order valence-corrected chi connectivity index (χ4v) is 4.12. The van der Waals surface area contributed by atoms with Crippen molar-refractivity contribution in [1.29, 1.82) is 0 Å². The Labute approximate surface area is 189 Å². The Hall–Kier alpha value is -2.55. The number of fused-ring (bicyclic) bond motifs is 1. The molecular weight excluding hydrogens is 458 g/mol. The van der Waals surface area contributed by atoms with Crippen LogP contribution in [0.4, 0.5) is 0 Å². The summed E-state index contributed by atoms with van der Waals surface area (Å²) < 4.78 is 2.14. The number of hydrogen-bond acceptors (Lipinski definition) is 5. The van der Waals surface area contributed by atoms with Crippen molar-refractivity contribution in [3.05, 3.63) is 74.7 Å². The molecule has 1 N–H and O–H groups in total. The van der Waals surface area contributed by atoms with E-state index in [0.29, 0.717) is 17.4 Å². The number of likely N-dealkylation sites (N-methyl/N-ethyl adjacent to an activating group) is 1. The smallest absolute Gasteiger partial charge is 0.261 e. The SMILES string of the molecule is CN1CCN(Cc2cccc(CNC(=O)Cn3cnc4ccc(Br)cc4c3=O)c2)CC1. The van der Waals surface area contributed by atoms with E-state index in [2.05, 4.69) is 55.2 Å². The first kappa shape index (κ1) is 21.7. The molecule has 31 heavy (non-hydrogen) atoms. The third-order valence-electron chi connectivity index (χ3n) is 5.58. The first-order valence-electron chi connectivity index (χ1n) is 10.4. The van der Waals surface area contributed by atoms with Gasteiger partial charge >= 0.3 is 0 Å². The van der Waals surface area contributed by atoms with E-state index in [0.717, 1.165) is 42.8 Å². The molecule has 0 radical (unpaired) electrons. The molecule has 1 aliphatic heterocycles. The van der Waals surface area contributed by atoms with Gasteiger partial charge in [-0.2, -0.15) is 0 Å². The van der Waals surface area contributed by atoms with Crippen LogP contribution >= 0.6 is 15.9 Å². The van der Waals surface area contributed by atoms with Gasteiger partial charge in [-0.3, -0.25) is 19.1 Å². The van der Waals surface area contributed by atoms with E-state index in [-0.39, 0.29) is 18.0 Å². The number of benzene rings is 2. The number of piperazine rings is 1. The van der Waals surface area contributed by atoms with E-state index in [4.69, 9.17) is 0 Å². The highest BCUT2D eigenvalue weighted by molar-refractivity contribution is 9.10. The Morgan fingerprint density at radius 3 is 2.68 bits per heavy atom. The lowest BCUT2D eigenvalue weighted by Gasteiger charge is -2.32. The summed E-state index contributed by atoms with van der Waals surface area (Å²) in [5, 5.41) is 3.40. The zero-order valence-corrected chi connectivity index (χ0v) is 19.1. The number of nitrogens with zero attached hydrogens (tertiary/aromatic N) is 4. The lowest BCUT2D eigenvalue weighted by molar-refractivity contribution is -0.121. The van der Waals surface area contributed by atoms with Gasteiger partial charge in [0.2, 0.25) is 5.91 Å². The van der Waals surface area contributed by atoms with Crippen LogP contribution in [0.5, 0.6) is 0 Å². The first-order chi connectivity index (χ1) is 15.0. The van der Waals surface area contributed by atoms with Crippen LogP contribution in [0.1, 0.15) is 11.1 Å². The molecule has 1 fully saturated rings. The Kier molecular flexibility index (Phi) is 6.80. The Morgan fingerprint density at radius 2 is 1.87 bits per heavy atom. The van der Waals surface area contributed by atoms with Gasteiger partial charge in [-0.25, -0.2) is 4.98 Å². The molecule has 0 bridgehead atoms. The number of carbonyl (C=O) groups is 1. The number of carbonyl (C=O) groups excluding carboxylic acids is 1. The molecule has 1 aromatic heterocycles. The maximum absolute atomic E-state index is 12.7. The van der Waals surface area contributed by atoms with Crippen LogP contribution in [0.2, 0.25) is 0 Å². The molecule has 0 unspecified atom stereocenters. The van der Waals surface area contributed by atoms with Gasteiger partial charge < -0.3 is 10.2 Å². The molecule has 4 rings (SSSR count). The Morgan fingerprint density at radius 1 is 1.10 bits per heavy atom. The molecule has 0 spiro atoms. The monoisotopic (exact) mass is 483 g/mol. The number of aromatic nitrogens is 2. The highest BCUT2D eigenvalue weighted by Gasteiger charge is 2.14. The Balaban J connectivity index is 1.35. The maximum Gasteiger partial charge on any atom is 0.261 e. The summed E-state index contributed by atoms with van der Waals surface area (Å²) >= 11 is 3.37. The van der Waals surface area contributed by atoms with Crippen molar-refractivity contribution in [2.24, 2.45) is 0 Å². The normalized spacial score (nSPS) is 15.3. The second kappa shape index (κ2) is 9.72. The number of nitrogens with one attached hydrogen (secondary N) is 1. The van der Waals surface area contributed by atoms with E-state index < -0.39 is 0 Å². The van der Waals surface area contributed by atoms with Gasteiger partial charge in [-0.1, -0.05) is 40.2 Å². The first-order valence-corrected chi connectivity index (χ1v) is 11.2. The summed E-state index contributed by atoms with van der Waals surface area (Å²) in [6, 6.07) is 13.6. The fourth-order valence-electron chi connectivity index (χ4n) is 3.76. The van der Waals surface area contributed by atoms with Crippen molar-refractivity contribution in [1.82, 2.24) is 24.7 Å². The van der Waals surface area contributed by atoms with Crippen molar-refractivity contribution in [3.8, 4) is 0 Å². The predicted octanol–water partition coefficient (Wildman–Crippen LogP) is 2.22. The zero-order chi connectivity index (χ0) is 21.8. The van der Waals surface area contributed by atoms with Crippen molar-refractivity contribution in [2.75, 3.05) is 33.2 Å². The van der Waals surface area contributed by atoms with E-state index in [1.54, 1.807) is 12.1 Å². The lowest BCUT2D eigenvalue weighted by atomic mass is 10.1. The summed E-state index contributed by atoms with van der Waals surface area (Å²) in [7, 11) is 2.15. The molecule has 3 aromatic rings. The summed E-state index contributed by atoms with van der Waals surface area (Å²) in [6.45, 7) is 5.62. The number of amides is 1. The molecule has 0 atom stereocenters. The van der Waals surface area contributed by atoms with E-state index in [1.165, 1.54) is 16.5 Å². The molecular formula is C23H26BrN5O2. The second-order valence-corrected chi connectivity index (χ2v) is 8.93. The standard InChI is InChI=1S/C23H26BrN5O2/c1-27-7-9-28(10-8-27)14-18-4-2-3-17(11-18)13-25-22(30)15-29-16-26-21-6-5-19(24)12-20(21)23(29)31/h2-6,11-12,16H,7-10,13-15H2,1H3,(H,25,30). The summed E-state index contributed by atoms with van der Waals surface area (Å²) in [4.78, 5) is 34.2. The highest BCUT2D eigenvalue weighted by Crippen LogP contribution is 2.15. The molecule has 1 aliphatic rings. The second-order valence-electron chi connectivity index (χ2n) is 8.02. The average molecular weight is 484 g/mol. The van der Waals surface area contributed by atoms with Crippen molar-refractivity contribution < 1.29 is 4.79 Å². The number of halogens is 1. The van der Waals surface area contributed by atoms with E-state index >= 15 is 0 Å². The van der Waals surface area contributed by atoms with Crippen LogP contribution in [0.3, 0.4) is 0 Å².